The van der Waals surface area contributed by atoms with E-state index in [-0.39, 0.29) is 12.1 Å². The van der Waals surface area contributed by atoms with E-state index in [1.807, 2.05) is 10.3 Å². The fraction of sp³-hybridized carbons (Fsp3) is 0.765. The third-order valence-corrected chi connectivity index (χ3v) is 5.67. The van der Waals surface area contributed by atoms with Crippen molar-refractivity contribution in [2.24, 2.45) is 0 Å². The molecule has 3 rings (SSSR count). The summed E-state index contributed by atoms with van der Waals surface area (Å²) in [5.41, 5.74) is 0. The molecule has 0 aliphatic carbocycles. The first-order valence-electron chi connectivity index (χ1n) is 9.08. The van der Waals surface area contributed by atoms with Gasteiger partial charge < -0.3 is 19.7 Å². The van der Waals surface area contributed by atoms with E-state index in [1.54, 1.807) is 24.6 Å². The molecule has 3 heterocycles. The van der Waals surface area contributed by atoms with Crippen LogP contribution in [0.25, 0.3) is 0 Å². The average molecular weight is 369 g/mol. The smallest absolute Gasteiger partial charge is 0.317 e. The zero-order valence-corrected chi connectivity index (χ0v) is 15.7. The van der Waals surface area contributed by atoms with Gasteiger partial charge in [0.1, 0.15) is 6.10 Å². The van der Waals surface area contributed by atoms with E-state index >= 15 is 0 Å². The number of likely N-dealkylation sites (tertiary alicyclic amines) is 2. The Hall–Kier alpha value is -1.38. The van der Waals surface area contributed by atoms with Crippen LogP contribution in [0.5, 0.6) is 5.19 Å². The molecule has 2 saturated heterocycles. The molecular formula is C17H28N4O3S. The second kappa shape index (κ2) is 9.35. The molecule has 0 bridgehead atoms. The zero-order chi connectivity index (χ0) is 17.5. The standard InChI is InChI=1S/C17H28N4O3S/c1-23-12-6-18-16(22)21-8-2-14(3-9-21)20-10-4-15(5-11-20)24-17-19-7-13-25-17/h7,13-15H,2-6,8-12H2,1H3,(H,18,22). The highest BCUT2D eigenvalue weighted by Gasteiger charge is 2.30. The Morgan fingerprint density at radius 2 is 2.04 bits per heavy atom. The lowest BCUT2D eigenvalue weighted by molar-refractivity contribution is 0.0533. The monoisotopic (exact) mass is 368 g/mol. The van der Waals surface area contributed by atoms with Crippen LogP contribution in [0, 0.1) is 0 Å². The highest BCUT2D eigenvalue weighted by Crippen LogP contribution is 2.24. The van der Waals surface area contributed by atoms with Crippen LogP contribution in [0.1, 0.15) is 25.7 Å². The summed E-state index contributed by atoms with van der Waals surface area (Å²) in [5.74, 6) is 0. The number of carbonyl (C=O) groups is 1. The van der Waals surface area contributed by atoms with Gasteiger partial charge in [-0.3, -0.25) is 4.90 Å². The molecule has 1 N–H and O–H groups in total. The molecule has 2 aliphatic rings. The summed E-state index contributed by atoms with van der Waals surface area (Å²) in [6, 6.07) is 0.620. The van der Waals surface area contributed by atoms with Gasteiger partial charge in [0.25, 0.3) is 5.19 Å². The van der Waals surface area contributed by atoms with E-state index < -0.39 is 0 Å². The first-order valence-corrected chi connectivity index (χ1v) is 9.96. The number of nitrogens with one attached hydrogen (secondary N) is 1. The van der Waals surface area contributed by atoms with Gasteiger partial charge in [0.05, 0.1) is 6.61 Å². The molecule has 7 nitrogen and oxygen atoms in total. The first-order chi connectivity index (χ1) is 12.3. The number of carbonyl (C=O) groups excluding carboxylic acids is 1. The van der Waals surface area contributed by atoms with E-state index in [1.165, 1.54) is 0 Å². The fourth-order valence-electron chi connectivity index (χ4n) is 3.58. The van der Waals surface area contributed by atoms with E-state index in [0.717, 1.165) is 57.1 Å². The van der Waals surface area contributed by atoms with Crippen molar-refractivity contribution in [2.45, 2.75) is 37.8 Å². The summed E-state index contributed by atoms with van der Waals surface area (Å²) in [7, 11) is 1.64. The number of ether oxygens (including phenoxy) is 2. The summed E-state index contributed by atoms with van der Waals surface area (Å²) < 4.78 is 10.9. The maximum atomic E-state index is 12.1. The maximum absolute atomic E-state index is 12.1. The van der Waals surface area contributed by atoms with Crippen molar-refractivity contribution in [3.05, 3.63) is 11.6 Å². The summed E-state index contributed by atoms with van der Waals surface area (Å²) in [4.78, 5) is 20.8. The van der Waals surface area contributed by atoms with Crippen molar-refractivity contribution in [3.63, 3.8) is 0 Å². The molecule has 0 spiro atoms. The van der Waals surface area contributed by atoms with Gasteiger partial charge in [0.2, 0.25) is 0 Å². The third kappa shape index (κ3) is 5.29. The number of amides is 2. The van der Waals surface area contributed by atoms with E-state index in [0.29, 0.717) is 19.2 Å². The van der Waals surface area contributed by atoms with Gasteiger partial charge in [-0.25, -0.2) is 9.78 Å². The molecule has 2 fully saturated rings. The number of thiazole rings is 1. The molecule has 2 amide bonds. The Morgan fingerprint density at radius 1 is 1.28 bits per heavy atom. The molecule has 0 saturated carbocycles. The Morgan fingerprint density at radius 3 is 2.68 bits per heavy atom. The molecule has 25 heavy (non-hydrogen) atoms. The largest absolute Gasteiger partial charge is 0.467 e. The van der Waals surface area contributed by atoms with Gasteiger partial charge >= 0.3 is 6.03 Å². The van der Waals surface area contributed by atoms with Gasteiger partial charge in [-0.2, -0.15) is 0 Å². The van der Waals surface area contributed by atoms with Crippen molar-refractivity contribution < 1.29 is 14.3 Å². The number of methoxy groups -OCH3 is 1. The van der Waals surface area contributed by atoms with Crippen LogP contribution >= 0.6 is 11.3 Å². The summed E-state index contributed by atoms with van der Waals surface area (Å²) in [6.07, 6.45) is 6.28. The van der Waals surface area contributed by atoms with Crippen molar-refractivity contribution >= 4 is 17.4 Å². The predicted octanol–water partition coefficient (Wildman–Crippen LogP) is 1.81. The van der Waals surface area contributed by atoms with Crippen LogP contribution in [-0.2, 0) is 4.74 Å². The summed E-state index contributed by atoms with van der Waals surface area (Å²) in [5, 5.41) is 5.63. The Kier molecular flexibility index (Phi) is 6.89. The van der Waals surface area contributed by atoms with Gasteiger partial charge in [-0.15, -0.1) is 0 Å². The van der Waals surface area contributed by atoms with Crippen molar-refractivity contribution in [2.75, 3.05) is 46.4 Å². The number of hydrogen-bond acceptors (Lipinski definition) is 6. The Bertz CT molecular complexity index is 512. The molecule has 8 heteroatoms. The lowest BCUT2D eigenvalue weighted by atomic mass is 9.99. The molecule has 0 atom stereocenters. The lowest BCUT2D eigenvalue weighted by Gasteiger charge is -2.41. The van der Waals surface area contributed by atoms with Gasteiger partial charge in [-0.1, -0.05) is 11.3 Å². The van der Waals surface area contributed by atoms with Gasteiger partial charge in [0.15, 0.2) is 0 Å². The minimum absolute atomic E-state index is 0.0334. The molecule has 1 aromatic heterocycles. The molecule has 140 valence electrons. The Labute approximate surface area is 153 Å². The van der Waals surface area contributed by atoms with E-state index in [9.17, 15) is 4.79 Å². The van der Waals surface area contributed by atoms with E-state index in [4.69, 9.17) is 9.47 Å². The number of urea groups is 1. The van der Waals surface area contributed by atoms with Crippen LogP contribution in [-0.4, -0.2) is 79.4 Å². The minimum atomic E-state index is 0.0334. The van der Waals surface area contributed by atoms with Crippen molar-refractivity contribution in [3.8, 4) is 5.19 Å². The van der Waals surface area contributed by atoms with Crippen molar-refractivity contribution in [1.82, 2.24) is 20.1 Å². The maximum Gasteiger partial charge on any atom is 0.317 e. The highest BCUT2D eigenvalue weighted by molar-refractivity contribution is 7.11. The number of piperidine rings is 2. The van der Waals surface area contributed by atoms with Crippen LogP contribution < -0.4 is 10.1 Å². The lowest BCUT2D eigenvalue weighted by Crippen LogP contribution is -2.52. The quantitative estimate of drug-likeness (QED) is 0.776. The number of rotatable bonds is 6. The summed E-state index contributed by atoms with van der Waals surface area (Å²) in [6.45, 7) is 4.93. The van der Waals surface area contributed by atoms with Crippen molar-refractivity contribution in [1.29, 1.82) is 0 Å². The minimum Gasteiger partial charge on any atom is -0.467 e. The number of hydrogen-bond donors (Lipinski definition) is 1. The average Bonchev–Trinajstić information content (AvgIpc) is 3.16. The number of aromatic nitrogens is 1. The predicted molar refractivity (Wildman–Crippen MR) is 97.2 cm³/mol. The van der Waals surface area contributed by atoms with Gasteiger partial charge in [-0.05, 0) is 25.7 Å². The fourth-order valence-corrected chi connectivity index (χ4v) is 4.13. The first kappa shape index (κ1) is 18.4. The topological polar surface area (TPSA) is 66.9 Å². The highest BCUT2D eigenvalue weighted by atomic mass is 32.1. The van der Waals surface area contributed by atoms with Crippen LogP contribution in [0.15, 0.2) is 11.6 Å². The molecule has 0 radical (unpaired) electrons. The van der Waals surface area contributed by atoms with Crippen LogP contribution in [0.4, 0.5) is 4.79 Å². The van der Waals surface area contributed by atoms with Gasteiger partial charge in [0, 0.05) is 57.5 Å². The van der Waals surface area contributed by atoms with E-state index in [2.05, 4.69) is 15.2 Å². The summed E-state index contributed by atoms with van der Waals surface area (Å²) >= 11 is 1.56. The SMILES string of the molecule is COCCNC(=O)N1CCC(N2CCC(Oc3nccs3)CC2)CC1. The number of nitrogens with zero attached hydrogens (tertiary/aromatic N) is 3. The Balaban J connectivity index is 1.35. The molecular weight excluding hydrogens is 340 g/mol. The molecule has 1 aromatic rings. The normalized spacial score (nSPS) is 20.6. The second-order valence-corrected chi connectivity index (χ2v) is 7.45. The second-order valence-electron chi connectivity index (χ2n) is 6.59. The molecule has 0 unspecified atom stereocenters. The third-order valence-electron chi connectivity index (χ3n) is 5.00. The van der Waals surface area contributed by atoms with Crippen LogP contribution in [0.3, 0.4) is 0 Å². The molecule has 2 aliphatic heterocycles. The molecule has 0 aromatic carbocycles. The van der Waals surface area contributed by atoms with Crippen LogP contribution in [0.2, 0.25) is 0 Å². The zero-order valence-electron chi connectivity index (χ0n) is 14.9.